The number of aromatic nitrogens is 1. The summed E-state index contributed by atoms with van der Waals surface area (Å²) in [7, 11) is 0. The molecule has 2 amide bonds. The molecule has 0 aromatic carbocycles. The largest absolute Gasteiger partial charge is 0.380 e. The van der Waals surface area contributed by atoms with Crippen LogP contribution in [0.4, 0.5) is 5.82 Å². The summed E-state index contributed by atoms with van der Waals surface area (Å²) < 4.78 is 5.39. The molecule has 0 aliphatic carbocycles. The second-order valence-electron chi connectivity index (χ2n) is 6.80. The standard InChI is InChI=1S/C17H22ClN3O3/c1-17(6-8-24-11-17)16(23)21-7-2-3-12(10-21)15(22)20-14-5-4-13(18)9-19-14/h4-5,9,12H,2-3,6-8,10-11H2,1H3,(H,19,20,22). The number of nitrogens with one attached hydrogen (secondary N) is 1. The summed E-state index contributed by atoms with van der Waals surface area (Å²) in [6, 6.07) is 3.35. The second-order valence-corrected chi connectivity index (χ2v) is 7.24. The molecule has 2 unspecified atom stereocenters. The summed E-state index contributed by atoms with van der Waals surface area (Å²) in [5.74, 6) is 0.257. The van der Waals surface area contributed by atoms with E-state index in [1.807, 2.05) is 11.8 Å². The van der Waals surface area contributed by atoms with Crippen molar-refractivity contribution in [2.45, 2.75) is 26.2 Å². The molecular formula is C17H22ClN3O3. The molecule has 0 bridgehead atoms. The minimum absolute atomic E-state index is 0.0992. The summed E-state index contributed by atoms with van der Waals surface area (Å²) in [5.41, 5.74) is -0.448. The molecule has 1 N–H and O–H groups in total. The van der Waals surface area contributed by atoms with Crippen LogP contribution < -0.4 is 5.32 Å². The van der Waals surface area contributed by atoms with Gasteiger partial charge >= 0.3 is 0 Å². The fourth-order valence-corrected chi connectivity index (χ4v) is 3.38. The Labute approximate surface area is 146 Å². The van der Waals surface area contributed by atoms with E-state index in [9.17, 15) is 9.59 Å². The van der Waals surface area contributed by atoms with E-state index < -0.39 is 5.41 Å². The Morgan fingerprint density at radius 3 is 2.96 bits per heavy atom. The maximum Gasteiger partial charge on any atom is 0.230 e. The number of likely N-dealkylation sites (tertiary alicyclic amines) is 1. The van der Waals surface area contributed by atoms with Crippen molar-refractivity contribution in [3.8, 4) is 0 Å². The molecule has 1 aromatic rings. The number of piperidine rings is 1. The number of carbonyl (C=O) groups is 2. The summed E-state index contributed by atoms with van der Waals surface area (Å²) in [5, 5.41) is 3.33. The van der Waals surface area contributed by atoms with E-state index in [-0.39, 0.29) is 17.7 Å². The van der Waals surface area contributed by atoms with Gasteiger partial charge in [-0.05, 0) is 38.3 Å². The SMILES string of the molecule is CC1(C(=O)N2CCCC(C(=O)Nc3ccc(Cl)cn3)C2)CCOC1. The van der Waals surface area contributed by atoms with E-state index in [1.54, 1.807) is 12.1 Å². The van der Waals surface area contributed by atoms with Crippen LogP contribution in [0.15, 0.2) is 18.3 Å². The van der Waals surface area contributed by atoms with Crippen molar-refractivity contribution in [2.75, 3.05) is 31.6 Å². The highest BCUT2D eigenvalue weighted by atomic mass is 35.5. The number of hydrogen-bond donors (Lipinski definition) is 1. The third-order valence-electron chi connectivity index (χ3n) is 4.79. The van der Waals surface area contributed by atoms with E-state index in [0.717, 1.165) is 19.3 Å². The van der Waals surface area contributed by atoms with Crippen LogP contribution in [0.3, 0.4) is 0 Å². The Hall–Kier alpha value is -1.66. The molecule has 0 spiro atoms. The van der Waals surface area contributed by atoms with Gasteiger partial charge in [0.1, 0.15) is 5.82 Å². The van der Waals surface area contributed by atoms with Crippen molar-refractivity contribution in [1.82, 2.24) is 9.88 Å². The first-order chi connectivity index (χ1) is 11.5. The van der Waals surface area contributed by atoms with E-state index in [0.29, 0.717) is 37.1 Å². The van der Waals surface area contributed by atoms with E-state index in [4.69, 9.17) is 16.3 Å². The van der Waals surface area contributed by atoms with Crippen molar-refractivity contribution in [3.63, 3.8) is 0 Å². The Morgan fingerprint density at radius 2 is 2.29 bits per heavy atom. The summed E-state index contributed by atoms with van der Waals surface area (Å²) in [4.78, 5) is 31.1. The zero-order valence-corrected chi connectivity index (χ0v) is 14.5. The van der Waals surface area contributed by atoms with E-state index >= 15 is 0 Å². The number of amides is 2. The number of rotatable bonds is 3. The molecule has 24 heavy (non-hydrogen) atoms. The summed E-state index contributed by atoms with van der Waals surface area (Å²) in [6.07, 6.45) is 3.84. The monoisotopic (exact) mass is 351 g/mol. The fourth-order valence-electron chi connectivity index (χ4n) is 3.27. The molecular weight excluding hydrogens is 330 g/mol. The molecule has 2 fully saturated rings. The molecule has 2 aliphatic heterocycles. The maximum atomic E-state index is 12.8. The average Bonchev–Trinajstić information content (AvgIpc) is 3.04. The lowest BCUT2D eigenvalue weighted by molar-refractivity contribution is -0.144. The predicted molar refractivity (Wildman–Crippen MR) is 90.7 cm³/mol. The Balaban J connectivity index is 1.61. The molecule has 3 rings (SSSR count). The van der Waals surface area contributed by atoms with Crippen LogP contribution in [0.25, 0.3) is 0 Å². The summed E-state index contributed by atoms with van der Waals surface area (Å²) >= 11 is 5.80. The molecule has 0 radical (unpaired) electrons. The minimum Gasteiger partial charge on any atom is -0.380 e. The highest BCUT2D eigenvalue weighted by Crippen LogP contribution is 2.32. The average molecular weight is 352 g/mol. The zero-order valence-electron chi connectivity index (χ0n) is 13.8. The molecule has 1 aromatic heterocycles. The lowest BCUT2D eigenvalue weighted by Gasteiger charge is -2.36. The quantitative estimate of drug-likeness (QED) is 0.907. The van der Waals surface area contributed by atoms with Crippen LogP contribution in [0.5, 0.6) is 0 Å². The number of carbonyl (C=O) groups excluding carboxylic acids is 2. The zero-order chi connectivity index (χ0) is 17.2. The van der Waals surface area contributed by atoms with Crippen molar-refractivity contribution < 1.29 is 14.3 Å². The van der Waals surface area contributed by atoms with E-state index in [2.05, 4.69) is 10.3 Å². The van der Waals surface area contributed by atoms with Crippen LogP contribution >= 0.6 is 11.6 Å². The van der Waals surface area contributed by atoms with Gasteiger partial charge in [0.15, 0.2) is 0 Å². The number of ether oxygens (including phenoxy) is 1. The Morgan fingerprint density at radius 1 is 1.46 bits per heavy atom. The molecule has 6 nitrogen and oxygen atoms in total. The highest BCUT2D eigenvalue weighted by molar-refractivity contribution is 6.30. The van der Waals surface area contributed by atoms with Gasteiger partial charge in [-0.25, -0.2) is 4.98 Å². The van der Waals surface area contributed by atoms with Gasteiger partial charge in [0.2, 0.25) is 11.8 Å². The third kappa shape index (κ3) is 3.70. The number of hydrogen-bond acceptors (Lipinski definition) is 4. The van der Waals surface area contributed by atoms with Crippen molar-refractivity contribution in [3.05, 3.63) is 23.4 Å². The topological polar surface area (TPSA) is 71.5 Å². The van der Waals surface area contributed by atoms with Gasteiger partial charge in [-0.2, -0.15) is 0 Å². The molecule has 3 heterocycles. The first-order valence-corrected chi connectivity index (χ1v) is 8.65. The molecule has 2 saturated heterocycles. The normalized spacial score (nSPS) is 27.1. The number of anilines is 1. The van der Waals surface area contributed by atoms with Crippen LogP contribution in [0.2, 0.25) is 5.02 Å². The number of nitrogens with zero attached hydrogens (tertiary/aromatic N) is 2. The Kier molecular flexibility index (Phi) is 5.06. The smallest absolute Gasteiger partial charge is 0.230 e. The molecule has 7 heteroatoms. The fraction of sp³-hybridized carbons (Fsp3) is 0.588. The Bertz CT molecular complexity index is 614. The second kappa shape index (κ2) is 7.07. The van der Waals surface area contributed by atoms with Crippen LogP contribution in [-0.2, 0) is 14.3 Å². The van der Waals surface area contributed by atoms with Gasteiger partial charge in [-0.1, -0.05) is 11.6 Å². The lowest BCUT2D eigenvalue weighted by atomic mass is 9.86. The molecule has 2 atom stereocenters. The summed E-state index contributed by atoms with van der Waals surface area (Å²) in [6.45, 7) is 4.20. The van der Waals surface area contributed by atoms with Gasteiger partial charge in [-0.15, -0.1) is 0 Å². The molecule has 2 aliphatic rings. The maximum absolute atomic E-state index is 12.8. The predicted octanol–water partition coefficient (Wildman–Crippen LogP) is 2.34. The lowest BCUT2D eigenvalue weighted by Crippen LogP contribution is -2.49. The number of halogens is 1. The molecule has 130 valence electrons. The van der Waals surface area contributed by atoms with Crippen LogP contribution in [-0.4, -0.2) is 48.0 Å². The van der Waals surface area contributed by atoms with Crippen LogP contribution in [0, 0.1) is 11.3 Å². The molecule has 0 saturated carbocycles. The minimum atomic E-state index is -0.448. The van der Waals surface area contributed by atoms with Gasteiger partial charge in [0.25, 0.3) is 0 Å². The van der Waals surface area contributed by atoms with Crippen molar-refractivity contribution >= 4 is 29.2 Å². The third-order valence-corrected chi connectivity index (χ3v) is 5.02. The van der Waals surface area contributed by atoms with Crippen LogP contribution in [0.1, 0.15) is 26.2 Å². The van der Waals surface area contributed by atoms with Gasteiger partial charge in [0.05, 0.1) is 23.0 Å². The number of pyridine rings is 1. The van der Waals surface area contributed by atoms with Gasteiger partial charge < -0.3 is 15.0 Å². The van der Waals surface area contributed by atoms with Gasteiger partial charge in [-0.3, -0.25) is 9.59 Å². The van der Waals surface area contributed by atoms with Crippen molar-refractivity contribution in [2.24, 2.45) is 11.3 Å². The van der Waals surface area contributed by atoms with Crippen molar-refractivity contribution in [1.29, 1.82) is 0 Å². The van der Waals surface area contributed by atoms with E-state index in [1.165, 1.54) is 6.20 Å². The highest BCUT2D eigenvalue weighted by Gasteiger charge is 2.42. The first kappa shape index (κ1) is 17.2. The first-order valence-electron chi connectivity index (χ1n) is 8.27. The van der Waals surface area contributed by atoms with Gasteiger partial charge in [0, 0.05) is 25.9 Å².